The van der Waals surface area contributed by atoms with Crippen molar-refractivity contribution < 1.29 is 8.42 Å². The highest BCUT2D eigenvalue weighted by atomic mass is 79.9. The summed E-state index contributed by atoms with van der Waals surface area (Å²) in [6.07, 6.45) is 0. The molecule has 1 aromatic carbocycles. The minimum absolute atomic E-state index is 0.261. The number of sulfonamides is 1. The van der Waals surface area contributed by atoms with Gasteiger partial charge in [-0.2, -0.15) is 0 Å². The highest BCUT2D eigenvalue weighted by Gasteiger charge is 2.19. The molecule has 0 unspecified atom stereocenters. The molecule has 2 aromatic rings. The number of hydrogen-bond acceptors (Lipinski definition) is 4. The van der Waals surface area contributed by atoms with Crippen LogP contribution in [0.25, 0.3) is 0 Å². The fourth-order valence-corrected chi connectivity index (χ4v) is 4.80. The first kappa shape index (κ1) is 13.4. The van der Waals surface area contributed by atoms with Gasteiger partial charge < -0.3 is 5.73 Å². The SMILES string of the molecule is Cc1cc(NS(=O)(=O)c2sccc2Br)ccc1N. The molecule has 2 rings (SSSR count). The van der Waals surface area contributed by atoms with Gasteiger partial charge in [0, 0.05) is 15.8 Å². The Morgan fingerprint density at radius 2 is 2.06 bits per heavy atom. The third-order valence-corrected chi connectivity index (χ3v) is 6.40. The Balaban J connectivity index is 2.34. The number of halogens is 1. The van der Waals surface area contributed by atoms with E-state index in [2.05, 4.69) is 20.7 Å². The van der Waals surface area contributed by atoms with Crippen molar-refractivity contribution in [2.24, 2.45) is 0 Å². The maximum absolute atomic E-state index is 12.1. The Morgan fingerprint density at radius 1 is 1.33 bits per heavy atom. The van der Waals surface area contributed by atoms with Gasteiger partial charge >= 0.3 is 0 Å². The molecule has 0 aliphatic carbocycles. The highest BCUT2D eigenvalue weighted by Crippen LogP contribution is 2.29. The molecule has 1 heterocycles. The largest absolute Gasteiger partial charge is 0.399 e. The highest BCUT2D eigenvalue weighted by molar-refractivity contribution is 9.10. The summed E-state index contributed by atoms with van der Waals surface area (Å²) >= 11 is 4.37. The van der Waals surface area contributed by atoms with Gasteiger partial charge in [-0.1, -0.05) is 0 Å². The van der Waals surface area contributed by atoms with Crippen LogP contribution in [0, 0.1) is 6.92 Å². The molecule has 0 aliphatic rings. The fourth-order valence-electron chi connectivity index (χ4n) is 1.41. The molecule has 0 fully saturated rings. The fraction of sp³-hybridized carbons (Fsp3) is 0.0909. The zero-order valence-corrected chi connectivity index (χ0v) is 12.7. The van der Waals surface area contributed by atoms with Gasteiger partial charge in [0.15, 0.2) is 4.21 Å². The van der Waals surface area contributed by atoms with E-state index in [1.165, 1.54) is 0 Å². The lowest BCUT2D eigenvalue weighted by Gasteiger charge is -2.08. The number of aryl methyl sites for hydroxylation is 1. The molecule has 96 valence electrons. The van der Waals surface area contributed by atoms with Crippen LogP contribution in [0.1, 0.15) is 5.56 Å². The minimum Gasteiger partial charge on any atom is -0.399 e. The molecular weight excluding hydrogens is 336 g/mol. The standard InChI is InChI=1S/C11H11BrN2O2S2/c1-7-6-8(2-3-10(7)13)14-18(15,16)11-9(12)4-5-17-11/h2-6,14H,13H2,1H3. The van der Waals surface area contributed by atoms with Gasteiger partial charge in [0.05, 0.1) is 0 Å². The summed E-state index contributed by atoms with van der Waals surface area (Å²) in [4.78, 5) is 0. The van der Waals surface area contributed by atoms with Crippen molar-refractivity contribution in [2.45, 2.75) is 11.1 Å². The number of thiophene rings is 1. The topological polar surface area (TPSA) is 72.2 Å². The number of nitrogen functional groups attached to an aromatic ring is 1. The number of rotatable bonds is 3. The van der Waals surface area contributed by atoms with Crippen LogP contribution in [-0.4, -0.2) is 8.42 Å². The molecule has 0 atom stereocenters. The molecule has 7 heteroatoms. The lowest BCUT2D eigenvalue weighted by Crippen LogP contribution is -2.12. The first-order valence-corrected chi connectivity index (χ1v) is 8.17. The van der Waals surface area contributed by atoms with Crippen LogP contribution in [0.4, 0.5) is 11.4 Å². The van der Waals surface area contributed by atoms with Crippen LogP contribution in [0.3, 0.4) is 0 Å². The first-order chi connectivity index (χ1) is 8.40. The van der Waals surface area contributed by atoms with Crippen LogP contribution >= 0.6 is 27.3 Å². The lowest BCUT2D eigenvalue weighted by molar-refractivity contribution is 0.603. The molecule has 0 amide bonds. The van der Waals surface area contributed by atoms with Crippen molar-refractivity contribution in [3.63, 3.8) is 0 Å². The van der Waals surface area contributed by atoms with Gasteiger partial charge in [0.1, 0.15) is 0 Å². The lowest BCUT2D eigenvalue weighted by atomic mass is 10.2. The van der Waals surface area contributed by atoms with E-state index in [4.69, 9.17) is 5.73 Å². The van der Waals surface area contributed by atoms with Gasteiger partial charge in [-0.25, -0.2) is 8.42 Å². The van der Waals surface area contributed by atoms with Gasteiger partial charge in [0.25, 0.3) is 10.0 Å². The number of anilines is 2. The Morgan fingerprint density at radius 3 is 2.61 bits per heavy atom. The zero-order chi connectivity index (χ0) is 13.3. The summed E-state index contributed by atoms with van der Waals surface area (Å²) in [5.41, 5.74) is 7.66. The van der Waals surface area contributed by atoms with E-state index in [1.54, 1.807) is 29.6 Å². The molecule has 0 radical (unpaired) electrons. The normalized spacial score (nSPS) is 11.4. The maximum atomic E-state index is 12.1. The third-order valence-electron chi connectivity index (χ3n) is 2.35. The summed E-state index contributed by atoms with van der Waals surface area (Å²) in [5, 5.41) is 1.72. The molecule has 0 aliphatic heterocycles. The maximum Gasteiger partial charge on any atom is 0.272 e. The Kier molecular flexibility index (Phi) is 3.65. The quantitative estimate of drug-likeness (QED) is 0.838. The molecule has 18 heavy (non-hydrogen) atoms. The van der Waals surface area contributed by atoms with Crippen molar-refractivity contribution in [1.29, 1.82) is 0 Å². The van der Waals surface area contributed by atoms with Gasteiger partial charge in [-0.05, 0) is 58.1 Å². The Bertz CT molecular complexity index is 680. The van der Waals surface area contributed by atoms with Crippen LogP contribution in [0.5, 0.6) is 0 Å². The Labute approximate surface area is 118 Å². The van der Waals surface area contributed by atoms with Gasteiger partial charge in [-0.15, -0.1) is 11.3 Å². The van der Waals surface area contributed by atoms with E-state index in [0.29, 0.717) is 15.8 Å². The van der Waals surface area contributed by atoms with Crippen LogP contribution in [-0.2, 0) is 10.0 Å². The second-order valence-corrected chi connectivity index (χ2v) is 7.38. The molecule has 0 spiro atoms. The van der Waals surface area contributed by atoms with Crippen LogP contribution in [0.2, 0.25) is 0 Å². The van der Waals surface area contributed by atoms with Crippen molar-refractivity contribution in [3.05, 3.63) is 39.7 Å². The number of nitrogens with two attached hydrogens (primary N) is 1. The number of hydrogen-bond donors (Lipinski definition) is 2. The molecule has 4 nitrogen and oxygen atoms in total. The predicted octanol–water partition coefficient (Wildman–Crippen LogP) is 3.20. The third kappa shape index (κ3) is 2.68. The number of nitrogens with one attached hydrogen (secondary N) is 1. The van der Waals surface area contributed by atoms with Crippen molar-refractivity contribution >= 4 is 48.7 Å². The summed E-state index contributed by atoms with van der Waals surface area (Å²) in [7, 11) is -3.55. The van der Waals surface area contributed by atoms with Crippen LogP contribution < -0.4 is 10.5 Å². The van der Waals surface area contributed by atoms with Crippen molar-refractivity contribution in [3.8, 4) is 0 Å². The van der Waals surface area contributed by atoms with E-state index in [0.717, 1.165) is 16.9 Å². The van der Waals surface area contributed by atoms with Gasteiger partial charge in [-0.3, -0.25) is 4.72 Å². The molecule has 0 bridgehead atoms. The molecular formula is C11H11BrN2O2S2. The average Bonchev–Trinajstić information content (AvgIpc) is 2.70. The molecule has 0 saturated carbocycles. The molecule has 1 aromatic heterocycles. The number of benzene rings is 1. The van der Waals surface area contributed by atoms with E-state index in [1.807, 2.05) is 6.92 Å². The smallest absolute Gasteiger partial charge is 0.272 e. The van der Waals surface area contributed by atoms with Crippen molar-refractivity contribution in [1.82, 2.24) is 0 Å². The summed E-state index contributed by atoms with van der Waals surface area (Å²) in [5.74, 6) is 0. The molecule has 3 N–H and O–H groups in total. The monoisotopic (exact) mass is 346 g/mol. The molecule has 0 saturated heterocycles. The summed E-state index contributed by atoms with van der Waals surface area (Å²) < 4.78 is 27.6. The predicted molar refractivity (Wildman–Crippen MR) is 78.4 cm³/mol. The van der Waals surface area contributed by atoms with E-state index >= 15 is 0 Å². The first-order valence-electron chi connectivity index (χ1n) is 5.02. The Hall–Kier alpha value is -1.05. The summed E-state index contributed by atoms with van der Waals surface area (Å²) in [6, 6.07) is 6.72. The van der Waals surface area contributed by atoms with Crippen molar-refractivity contribution in [2.75, 3.05) is 10.5 Å². The van der Waals surface area contributed by atoms with E-state index < -0.39 is 10.0 Å². The van der Waals surface area contributed by atoms with E-state index in [9.17, 15) is 8.42 Å². The van der Waals surface area contributed by atoms with E-state index in [-0.39, 0.29) is 4.21 Å². The second-order valence-electron chi connectivity index (χ2n) is 3.73. The minimum atomic E-state index is -3.55. The second kappa shape index (κ2) is 4.91. The summed E-state index contributed by atoms with van der Waals surface area (Å²) in [6.45, 7) is 1.83. The average molecular weight is 347 g/mol. The zero-order valence-electron chi connectivity index (χ0n) is 9.48. The van der Waals surface area contributed by atoms with Gasteiger partial charge in [0.2, 0.25) is 0 Å². The van der Waals surface area contributed by atoms with Crippen LogP contribution in [0.15, 0.2) is 38.3 Å².